The van der Waals surface area contributed by atoms with Gasteiger partial charge in [0.15, 0.2) is 0 Å². The van der Waals surface area contributed by atoms with Crippen LogP contribution in [0.4, 0.5) is 0 Å². The number of hydrogen-bond donors (Lipinski definition) is 2. The van der Waals surface area contributed by atoms with E-state index in [1.54, 1.807) is 11.3 Å². The Balaban J connectivity index is 2.39. The fraction of sp³-hybridized carbons (Fsp3) is 0.727. The van der Waals surface area contributed by atoms with E-state index in [0.717, 1.165) is 29.4 Å². The molecule has 5 heteroatoms. The average molecular weight is 260 g/mol. The van der Waals surface area contributed by atoms with Gasteiger partial charge >= 0.3 is 0 Å². The van der Waals surface area contributed by atoms with E-state index in [9.17, 15) is 5.11 Å². The lowest BCUT2D eigenvalue weighted by molar-refractivity contribution is 0.239. The van der Waals surface area contributed by atoms with Crippen LogP contribution in [0.5, 0.6) is 0 Å². The van der Waals surface area contributed by atoms with Crippen molar-refractivity contribution in [3.05, 3.63) is 15.6 Å². The quantitative estimate of drug-likeness (QED) is 0.787. The molecule has 0 spiro atoms. The van der Waals surface area contributed by atoms with Gasteiger partial charge in [-0.3, -0.25) is 0 Å². The molecule has 0 bridgehead atoms. The number of aromatic nitrogens is 1. The molecule has 0 saturated heterocycles. The first kappa shape index (κ1) is 14.0. The van der Waals surface area contributed by atoms with Crippen molar-refractivity contribution in [2.45, 2.75) is 32.9 Å². The molecule has 1 atom stereocenters. The third kappa shape index (κ3) is 4.41. The van der Waals surface area contributed by atoms with Crippen molar-refractivity contribution in [1.29, 1.82) is 0 Å². The highest BCUT2D eigenvalue weighted by atomic mass is 32.2. The largest absolute Gasteiger partial charge is 0.395 e. The van der Waals surface area contributed by atoms with Gasteiger partial charge in [-0.2, -0.15) is 11.8 Å². The summed E-state index contributed by atoms with van der Waals surface area (Å²) in [7, 11) is 0. The van der Waals surface area contributed by atoms with E-state index in [4.69, 9.17) is 0 Å². The molecule has 0 aliphatic rings. The summed E-state index contributed by atoms with van der Waals surface area (Å²) in [6.45, 7) is 5.09. The van der Waals surface area contributed by atoms with Crippen molar-refractivity contribution < 1.29 is 5.11 Å². The van der Waals surface area contributed by atoms with Crippen LogP contribution < -0.4 is 5.32 Å². The molecule has 92 valence electrons. The van der Waals surface area contributed by atoms with Crippen molar-refractivity contribution in [3.8, 4) is 0 Å². The van der Waals surface area contributed by atoms with Crippen LogP contribution in [-0.4, -0.2) is 34.7 Å². The zero-order valence-corrected chi connectivity index (χ0v) is 11.7. The third-order valence-electron chi connectivity index (χ3n) is 2.44. The Bertz CT molecular complexity index is 315. The van der Waals surface area contributed by atoms with E-state index in [1.165, 1.54) is 4.88 Å². The van der Waals surface area contributed by atoms with Crippen molar-refractivity contribution in [1.82, 2.24) is 10.3 Å². The number of aliphatic hydroxyl groups excluding tert-OH is 1. The third-order valence-corrected chi connectivity index (χ3v) is 4.16. The number of rotatable bonds is 7. The summed E-state index contributed by atoms with van der Waals surface area (Å²) in [6, 6.07) is 0.203. The van der Waals surface area contributed by atoms with E-state index in [-0.39, 0.29) is 12.6 Å². The SMILES string of the molecule is CSCCC(CO)NCc1sc(C)nc1C. The Hall–Kier alpha value is -0.100. The second kappa shape index (κ2) is 7.27. The Morgan fingerprint density at radius 2 is 2.25 bits per heavy atom. The van der Waals surface area contributed by atoms with E-state index in [1.807, 2.05) is 25.6 Å². The number of hydrogen-bond acceptors (Lipinski definition) is 5. The Kier molecular flexibility index (Phi) is 6.34. The van der Waals surface area contributed by atoms with Crippen LogP contribution in [0.15, 0.2) is 0 Å². The molecule has 1 rings (SSSR count). The zero-order chi connectivity index (χ0) is 12.0. The summed E-state index contributed by atoms with van der Waals surface area (Å²) in [5.74, 6) is 1.08. The van der Waals surface area contributed by atoms with E-state index in [2.05, 4.69) is 16.6 Å². The Morgan fingerprint density at radius 3 is 2.75 bits per heavy atom. The Labute approximate surface area is 106 Å². The lowest BCUT2D eigenvalue weighted by atomic mass is 10.2. The van der Waals surface area contributed by atoms with Crippen molar-refractivity contribution in [3.63, 3.8) is 0 Å². The van der Waals surface area contributed by atoms with E-state index >= 15 is 0 Å². The van der Waals surface area contributed by atoms with Crippen LogP contribution in [0.2, 0.25) is 0 Å². The first-order valence-corrected chi connectivity index (χ1v) is 7.64. The molecule has 1 unspecified atom stereocenters. The van der Waals surface area contributed by atoms with Crippen molar-refractivity contribution in [2.24, 2.45) is 0 Å². The van der Waals surface area contributed by atoms with Crippen LogP contribution in [0.3, 0.4) is 0 Å². The lowest BCUT2D eigenvalue weighted by Gasteiger charge is -2.15. The average Bonchev–Trinajstić information content (AvgIpc) is 2.58. The predicted molar refractivity (Wildman–Crippen MR) is 72.3 cm³/mol. The van der Waals surface area contributed by atoms with Gasteiger partial charge in [-0.05, 0) is 32.3 Å². The number of nitrogens with one attached hydrogen (secondary N) is 1. The van der Waals surface area contributed by atoms with Crippen LogP contribution in [0.25, 0.3) is 0 Å². The van der Waals surface area contributed by atoms with Crippen molar-refractivity contribution >= 4 is 23.1 Å². The van der Waals surface area contributed by atoms with Gasteiger partial charge in [0.25, 0.3) is 0 Å². The summed E-state index contributed by atoms with van der Waals surface area (Å²) < 4.78 is 0. The molecule has 0 aromatic carbocycles. The van der Waals surface area contributed by atoms with E-state index < -0.39 is 0 Å². The molecule has 0 aliphatic heterocycles. The van der Waals surface area contributed by atoms with Gasteiger partial charge < -0.3 is 10.4 Å². The summed E-state index contributed by atoms with van der Waals surface area (Å²) in [5, 5.41) is 13.7. The van der Waals surface area contributed by atoms with Gasteiger partial charge in [-0.15, -0.1) is 11.3 Å². The summed E-state index contributed by atoms with van der Waals surface area (Å²) in [6.07, 6.45) is 3.10. The monoisotopic (exact) mass is 260 g/mol. The highest BCUT2D eigenvalue weighted by Crippen LogP contribution is 2.17. The smallest absolute Gasteiger partial charge is 0.0900 e. The normalized spacial score (nSPS) is 13.0. The predicted octanol–water partition coefficient (Wildman–Crippen LogP) is 1.96. The number of aryl methyl sites for hydroxylation is 2. The zero-order valence-electron chi connectivity index (χ0n) is 10.1. The molecule has 0 amide bonds. The summed E-state index contributed by atoms with van der Waals surface area (Å²) in [4.78, 5) is 5.67. The van der Waals surface area contributed by atoms with Gasteiger partial charge in [-0.25, -0.2) is 4.98 Å². The molecule has 1 aromatic rings. The molecule has 0 aliphatic carbocycles. The standard InChI is InChI=1S/C11H20N2OS2/c1-8-11(16-9(2)13-8)6-12-10(7-14)4-5-15-3/h10,12,14H,4-7H2,1-3H3. The van der Waals surface area contributed by atoms with Gasteiger partial charge in [-0.1, -0.05) is 0 Å². The molecule has 1 aromatic heterocycles. The minimum Gasteiger partial charge on any atom is -0.395 e. The fourth-order valence-electron chi connectivity index (χ4n) is 1.49. The number of nitrogens with zero attached hydrogens (tertiary/aromatic N) is 1. The van der Waals surface area contributed by atoms with Gasteiger partial charge in [0.1, 0.15) is 0 Å². The maximum atomic E-state index is 9.22. The molecular formula is C11H20N2OS2. The van der Waals surface area contributed by atoms with Crippen LogP contribution in [-0.2, 0) is 6.54 Å². The first-order valence-electron chi connectivity index (χ1n) is 5.43. The molecule has 0 saturated carbocycles. The summed E-state index contributed by atoms with van der Waals surface area (Å²) >= 11 is 3.54. The summed E-state index contributed by atoms with van der Waals surface area (Å²) in [5.41, 5.74) is 1.11. The molecule has 0 radical (unpaired) electrons. The molecule has 16 heavy (non-hydrogen) atoms. The molecule has 3 nitrogen and oxygen atoms in total. The van der Waals surface area contributed by atoms with E-state index in [0.29, 0.717) is 0 Å². The van der Waals surface area contributed by atoms with Crippen LogP contribution >= 0.6 is 23.1 Å². The number of thioether (sulfide) groups is 1. The van der Waals surface area contributed by atoms with Gasteiger partial charge in [0.05, 0.1) is 17.3 Å². The second-order valence-corrected chi connectivity index (χ2v) is 6.06. The van der Waals surface area contributed by atoms with Gasteiger partial charge in [0.2, 0.25) is 0 Å². The second-order valence-electron chi connectivity index (χ2n) is 3.78. The number of thiazole rings is 1. The Morgan fingerprint density at radius 1 is 1.50 bits per heavy atom. The number of aliphatic hydroxyl groups is 1. The molecule has 2 N–H and O–H groups in total. The minimum absolute atomic E-state index is 0.203. The molecular weight excluding hydrogens is 240 g/mol. The minimum atomic E-state index is 0.203. The lowest BCUT2D eigenvalue weighted by Crippen LogP contribution is -2.32. The topological polar surface area (TPSA) is 45.1 Å². The van der Waals surface area contributed by atoms with Crippen LogP contribution in [0.1, 0.15) is 22.0 Å². The molecule has 0 fully saturated rings. The highest BCUT2D eigenvalue weighted by Gasteiger charge is 2.09. The maximum absolute atomic E-state index is 9.22. The van der Waals surface area contributed by atoms with Gasteiger partial charge in [0, 0.05) is 17.5 Å². The highest BCUT2D eigenvalue weighted by molar-refractivity contribution is 7.98. The first-order chi connectivity index (χ1) is 7.67. The maximum Gasteiger partial charge on any atom is 0.0900 e. The van der Waals surface area contributed by atoms with Crippen LogP contribution in [0, 0.1) is 13.8 Å². The molecule has 1 heterocycles. The van der Waals surface area contributed by atoms with Crippen molar-refractivity contribution in [2.75, 3.05) is 18.6 Å². The fourth-order valence-corrected chi connectivity index (χ4v) is 2.90.